The van der Waals surface area contributed by atoms with Crippen LogP contribution in [0.4, 0.5) is 4.39 Å². The Morgan fingerprint density at radius 3 is 2.47 bits per heavy atom. The molecule has 0 bridgehead atoms. The lowest BCUT2D eigenvalue weighted by Crippen LogP contribution is -2.25. The summed E-state index contributed by atoms with van der Waals surface area (Å²) in [6.07, 6.45) is 4.14. The second-order valence-electron chi connectivity index (χ2n) is 7.00. The van der Waals surface area contributed by atoms with E-state index >= 15 is 0 Å². The van der Waals surface area contributed by atoms with Crippen LogP contribution in [0.1, 0.15) is 33.5 Å². The highest BCUT2D eigenvalue weighted by atomic mass is 19.1. The SMILES string of the molecule is Cc1cc(C(=O)NCCCOc2ccc(F)cc2)cc(C)c1OCc1cccnc1. The van der Waals surface area contributed by atoms with E-state index in [0.29, 0.717) is 37.5 Å². The summed E-state index contributed by atoms with van der Waals surface area (Å²) in [4.78, 5) is 16.6. The van der Waals surface area contributed by atoms with Crippen LogP contribution in [0.15, 0.2) is 60.9 Å². The van der Waals surface area contributed by atoms with Crippen molar-refractivity contribution < 1.29 is 18.7 Å². The predicted molar refractivity (Wildman–Crippen MR) is 113 cm³/mol. The zero-order chi connectivity index (χ0) is 21.3. The van der Waals surface area contributed by atoms with Crippen molar-refractivity contribution in [3.8, 4) is 11.5 Å². The summed E-state index contributed by atoms with van der Waals surface area (Å²) in [5.41, 5.74) is 3.39. The number of nitrogens with one attached hydrogen (secondary N) is 1. The van der Waals surface area contributed by atoms with Gasteiger partial charge in [-0.15, -0.1) is 0 Å². The maximum absolute atomic E-state index is 12.9. The number of hydrogen-bond donors (Lipinski definition) is 1. The van der Waals surface area contributed by atoms with Gasteiger partial charge in [0.1, 0.15) is 23.9 Å². The van der Waals surface area contributed by atoms with Crippen LogP contribution in [0.25, 0.3) is 0 Å². The Morgan fingerprint density at radius 1 is 1.07 bits per heavy atom. The fraction of sp³-hybridized carbons (Fsp3) is 0.250. The second-order valence-corrected chi connectivity index (χ2v) is 7.00. The minimum absolute atomic E-state index is 0.137. The molecule has 0 saturated carbocycles. The topological polar surface area (TPSA) is 60.5 Å². The zero-order valence-electron chi connectivity index (χ0n) is 17.2. The number of pyridine rings is 1. The average Bonchev–Trinajstić information content (AvgIpc) is 2.74. The molecule has 0 aliphatic heterocycles. The zero-order valence-corrected chi connectivity index (χ0v) is 17.2. The van der Waals surface area contributed by atoms with E-state index in [2.05, 4.69) is 10.3 Å². The van der Waals surface area contributed by atoms with Gasteiger partial charge in [-0.2, -0.15) is 0 Å². The Bertz CT molecular complexity index is 952. The Morgan fingerprint density at radius 2 is 1.80 bits per heavy atom. The summed E-state index contributed by atoms with van der Waals surface area (Å²) < 4.78 is 24.3. The summed E-state index contributed by atoms with van der Waals surface area (Å²) in [6, 6.07) is 13.4. The number of hydrogen-bond acceptors (Lipinski definition) is 4. The van der Waals surface area contributed by atoms with Crippen molar-refractivity contribution in [2.24, 2.45) is 0 Å². The molecule has 30 heavy (non-hydrogen) atoms. The van der Waals surface area contributed by atoms with E-state index in [-0.39, 0.29) is 11.7 Å². The highest BCUT2D eigenvalue weighted by molar-refractivity contribution is 5.94. The molecule has 3 rings (SSSR count). The van der Waals surface area contributed by atoms with Crippen molar-refractivity contribution in [1.82, 2.24) is 10.3 Å². The molecule has 0 fully saturated rings. The standard InChI is InChI=1S/C24H25FN2O3/c1-17-13-20(14-18(2)23(17)30-16-19-5-3-10-26-15-19)24(28)27-11-4-12-29-22-8-6-21(25)7-9-22/h3,5-10,13-15H,4,11-12,16H2,1-2H3,(H,27,28). The monoisotopic (exact) mass is 408 g/mol. The molecule has 1 amide bonds. The number of rotatable bonds is 9. The Labute approximate surface area is 175 Å². The molecule has 156 valence electrons. The largest absolute Gasteiger partial charge is 0.494 e. The molecular weight excluding hydrogens is 383 g/mol. The van der Waals surface area contributed by atoms with Crippen LogP contribution in [-0.4, -0.2) is 24.0 Å². The van der Waals surface area contributed by atoms with E-state index in [1.807, 2.05) is 38.1 Å². The lowest BCUT2D eigenvalue weighted by atomic mass is 10.0. The van der Waals surface area contributed by atoms with E-state index in [0.717, 1.165) is 22.4 Å². The molecule has 1 aromatic heterocycles. The van der Waals surface area contributed by atoms with E-state index in [1.165, 1.54) is 12.1 Å². The van der Waals surface area contributed by atoms with Crippen molar-refractivity contribution in [1.29, 1.82) is 0 Å². The van der Waals surface area contributed by atoms with Crippen LogP contribution in [0.2, 0.25) is 0 Å². The van der Waals surface area contributed by atoms with Gasteiger partial charge in [0.15, 0.2) is 0 Å². The van der Waals surface area contributed by atoms with Crippen LogP contribution in [0.3, 0.4) is 0 Å². The van der Waals surface area contributed by atoms with Gasteiger partial charge in [-0.3, -0.25) is 9.78 Å². The lowest BCUT2D eigenvalue weighted by molar-refractivity contribution is 0.0951. The van der Waals surface area contributed by atoms with Gasteiger partial charge in [0.05, 0.1) is 6.61 Å². The van der Waals surface area contributed by atoms with E-state index in [4.69, 9.17) is 9.47 Å². The number of ether oxygens (including phenoxy) is 2. The molecule has 2 aromatic carbocycles. The van der Waals surface area contributed by atoms with Crippen LogP contribution in [0, 0.1) is 19.7 Å². The second kappa shape index (κ2) is 10.4. The minimum atomic E-state index is -0.298. The Kier molecular flexibility index (Phi) is 7.38. The number of benzene rings is 2. The third-order valence-electron chi connectivity index (χ3n) is 4.52. The molecule has 3 aromatic rings. The molecule has 0 saturated heterocycles. The molecule has 1 heterocycles. The number of halogens is 1. The van der Waals surface area contributed by atoms with Gasteiger partial charge >= 0.3 is 0 Å². The van der Waals surface area contributed by atoms with E-state index < -0.39 is 0 Å². The first kappa shape index (κ1) is 21.3. The summed E-state index contributed by atoms with van der Waals surface area (Å²) >= 11 is 0. The normalized spacial score (nSPS) is 10.5. The van der Waals surface area contributed by atoms with Gasteiger partial charge in [0, 0.05) is 30.1 Å². The Hall–Kier alpha value is -3.41. The molecule has 1 N–H and O–H groups in total. The van der Waals surface area contributed by atoms with Gasteiger partial charge in [0.2, 0.25) is 0 Å². The first-order chi connectivity index (χ1) is 14.5. The van der Waals surface area contributed by atoms with Crippen LogP contribution >= 0.6 is 0 Å². The molecule has 0 aliphatic rings. The average molecular weight is 408 g/mol. The quantitative estimate of drug-likeness (QED) is 0.525. The van der Waals surface area contributed by atoms with Crippen molar-refractivity contribution in [2.45, 2.75) is 26.9 Å². The third-order valence-corrected chi connectivity index (χ3v) is 4.52. The van der Waals surface area contributed by atoms with Crippen molar-refractivity contribution in [3.63, 3.8) is 0 Å². The molecule has 0 unspecified atom stereocenters. The number of carbonyl (C=O) groups excluding carboxylic acids is 1. The summed E-state index contributed by atoms with van der Waals surface area (Å²) in [5.74, 6) is 0.953. The Balaban J connectivity index is 1.47. The highest BCUT2D eigenvalue weighted by Crippen LogP contribution is 2.25. The highest BCUT2D eigenvalue weighted by Gasteiger charge is 2.12. The maximum atomic E-state index is 12.9. The molecule has 0 atom stereocenters. The predicted octanol–water partition coefficient (Wildman–Crippen LogP) is 4.62. The molecule has 0 radical (unpaired) electrons. The number of aromatic nitrogens is 1. The minimum Gasteiger partial charge on any atom is -0.494 e. The van der Waals surface area contributed by atoms with Gasteiger partial charge in [-0.25, -0.2) is 4.39 Å². The summed E-state index contributed by atoms with van der Waals surface area (Å²) in [6.45, 7) is 5.20. The van der Waals surface area contributed by atoms with E-state index in [1.54, 1.807) is 24.5 Å². The van der Waals surface area contributed by atoms with Gasteiger partial charge in [0.25, 0.3) is 5.91 Å². The fourth-order valence-electron chi connectivity index (χ4n) is 3.05. The van der Waals surface area contributed by atoms with Crippen molar-refractivity contribution >= 4 is 5.91 Å². The van der Waals surface area contributed by atoms with Crippen molar-refractivity contribution in [2.75, 3.05) is 13.2 Å². The smallest absolute Gasteiger partial charge is 0.251 e. The van der Waals surface area contributed by atoms with Gasteiger partial charge in [-0.05, 0) is 73.9 Å². The molecule has 6 heteroatoms. The number of nitrogens with zero attached hydrogens (tertiary/aromatic N) is 1. The maximum Gasteiger partial charge on any atom is 0.251 e. The lowest BCUT2D eigenvalue weighted by Gasteiger charge is -2.14. The first-order valence-corrected chi connectivity index (χ1v) is 9.82. The van der Waals surface area contributed by atoms with Gasteiger partial charge < -0.3 is 14.8 Å². The number of amides is 1. The first-order valence-electron chi connectivity index (χ1n) is 9.82. The number of aryl methyl sites for hydroxylation is 2. The van der Waals surface area contributed by atoms with E-state index in [9.17, 15) is 9.18 Å². The fourth-order valence-corrected chi connectivity index (χ4v) is 3.05. The summed E-state index contributed by atoms with van der Waals surface area (Å²) in [7, 11) is 0. The molecule has 0 spiro atoms. The molecular formula is C24H25FN2O3. The summed E-state index contributed by atoms with van der Waals surface area (Å²) in [5, 5.41) is 2.90. The van der Waals surface area contributed by atoms with Crippen LogP contribution < -0.4 is 14.8 Å². The van der Waals surface area contributed by atoms with Crippen LogP contribution in [0.5, 0.6) is 11.5 Å². The molecule has 5 nitrogen and oxygen atoms in total. The van der Waals surface area contributed by atoms with Gasteiger partial charge in [-0.1, -0.05) is 6.07 Å². The third kappa shape index (κ3) is 6.04. The van der Waals surface area contributed by atoms with Crippen molar-refractivity contribution in [3.05, 3.63) is 89.0 Å². The number of carbonyl (C=O) groups is 1. The molecule has 0 aliphatic carbocycles. The van der Waals surface area contributed by atoms with Crippen LogP contribution in [-0.2, 0) is 6.61 Å².